The topological polar surface area (TPSA) is 96.5 Å². The molecule has 28 heavy (non-hydrogen) atoms. The molecule has 0 saturated heterocycles. The highest BCUT2D eigenvalue weighted by Gasteiger charge is 2.29. The van der Waals surface area contributed by atoms with Crippen molar-refractivity contribution in [2.75, 3.05) is 22.6 Å². The number of benzene rings is 1. The number of nitrogens with one attached hydrogen (secondary N) is 3. The Labute approximate surface area is 167 Å². The first kappa shape index (κ1) is 19.9. The first-order valence-electron chi connectivity index (χ1n) is 9.20. The Kier molecular flexibility index (Phi) is 5.99. The number of hydrogen-bond donors (Lipinski definition) is 3. The van der Waals surface area contributed by atoms with Crippen molar-refractivity contribution < 1.29 is 19.1 Å². The minimum Gasteiger partial charge on any atom is -0.462 e. The Bertz CT molecular complexity index is 922. The van der Waals surface area contributed by atoms with Gasteiger partial charge < -0.3 is 20.7 Å². The van der Waals surface area contributed by atoms with Gasteiger partial charge >= 0.3 is 5.97 Å². The molecule has 1 aliphatic heterocycles. The van der Waals surface area contributed by atoms with Crippen LogP contribution in [0.25, 0.3) is 0 Å². The van der Waals surface area contributed by atoms with Crippen LogP contribution in [0, 0.1) is 6.92 Å². The van der Waals surface area contributed by atoms with Gasteiger partial charge in [-0.2, -0.15) is 0 Å². The second-order valence-electron chi connectivity index (χ2n) is 6.40. The molecule has 7 nitrogen and oxygen atoms in total. The third-order valence-electron chi connectivity index (χ3n) is 4.52. The quantitative estimate of drug-likeness (QED) is 0.643. The first-order valence-corrected chi connectivity index (χ1v) is 10.0. The van der Waals surface area contributed by atoms with E-state index in [0.717, 1.165) is 16.1 Å². The zero-order chi connectivity index (χ0) is 20.3. The predicted octanol–water partition coefficient (Wildman–Crippen LogP) is 3.56. The lowest BCUT2D eigenvalue weighted by Crippen LogP contribution is -2.41. The van der Waals surface area contributed by atoms with Crippen molar-refractivity contribution in [3.8, 4) is 0 Å². The summed E-state index contributed by atoms with van der Waals surface area (Å²) in [4.78, 5) is 38.2. The Morgan fingerprint density at radius 1 is 1.21 bits per heavy atom. The minimum atomic E-state index is -0.687. The molecule has 1 aliphatic rings. The maximum atomic E-state index is 12.6. The van der Waals surface area contributed by atoms with Gasteiger partial charge in [0.05, 0.1) is 30.0 Å². The van der Waals surface area contributed by atoms with Crippen LogP contribution in [0.5, 0.6) is 0 Å². The number of esters is 1. The van der Waals surface area contributed by atoms with E-state index in [1.54, 1.807) is 13.0 Å². The van der Waals surface area contributed by atoms with Crippen LogP contribution in [0.1, 0.15) is 41.1 Å². The van der Waals surface area contributed by atoms with E-state index in [2.05, 4.69) is 16.0 Å². The van der Waals surface area contributed by atoms with E-state index in [1.165, 1.54) is 11.3 Å². The zero-order valence-corrected chi connectivity index (χ0v) is 16.9. The van der Waals surface area contributed by atoms with Crippen LogP contribution < -0.4 is 16.0 Å². The summed E-state index contributed by atoms with van der Waals surface area (Å²) >= 11 is 1.35. The smallest absolute Gasteiger partial charge is 0.341 e. The van der Waals surface area contributed by atoms with E-state index < -0.39 is 12.0 Å². The molecule has 0 bridgehead atoms. The van der Waals surface area contributed by atoms with Crippen molar-refractivity contribution in [2.24, 2.45) is 0 Å². The van der Waals surface area contributed by atoms with Gasteiger partial charge in [0, 0.05) is 4.88 Å². The number of carbonyl (C=O) groups is 3. The lowest BCUT2D eigenvalue weighted by atomic mass is 10.1. The van der Waals surface area contributed by atoms with E-state index in [-0.39, 0.29) is 24.8 Å². The summed E-state index contributed by atoms with van der Waals surface area (Å²) in [6, 6.07) is 6.63. The standard InChI is InChI=1S/C20H23N3O4S/c1-4-12-11(3)28-19(17(12)20(26)27-5-2)23-16(24)10-15-18(25)22-14-9-7-6-8-13(14)21-15/h6-9,15,21H,4-5,10H2,1-3H3,(H,22,25)(H,23,24)/t15-/m1/s1. The van der Waals surface area contributed by atoms with Gasteiger partial charge in [0.2, 0.25) is 11.8 Å². The van der Waals surface area contributed by atoms with Crippen LogP contribution in [0.2, 0.25) is 0 Å². The van der Waals surface area contributed by atoms with Gasteiger partial charge in [0.15, 0.2) is 0 Å². The fourth-order valence-corrected chi connectivity index (χ4v) is 4.36. The van der Waals surface area contributed by atoms with Gasteiger partial charge in [-0.1, -0.05) is 19.1 Å². The molecule has 8 heteroatoms. The Morgan fingerprint density at radius 2 is 1.93 bits per heavy atom. The minimum absolute atomic E-state index is 0.0547. The SMILES string of the molecule is CCOC(=O)c1c(NC(=O)C[C@H]2Nc3ccccc3NC2=O)sc(C)c1CC. The summed E-state index contributed by atoms with van der Waals surface area (Å²) in [6.07, 6.45) is 0.608. The van der Waals surface area contributed by atoms with Crippen LogP contribution in [0.15, 0.2) is 24.3 Å². The number of anilines is 3. The second-order valence-corrected chi connectivity index (χ2v) is 7.62. The fraction of sp³-hybridized carbons (Fsp3) is 0.350. The molecule has 2 amide bonds. The van der Waals surface area contributed by atoms with Gasteiger partial charge in [-0.3, -0.25) is 9.59 Å². The molecule has 0 aliphatic carbocycles. The predicted molar refractivity (Wildman–Crippen MR) is 110 cm³/mol. The van der Waals surface area contributed by atoms with Crippen LogP contribution in [0.4, 0.5) is 16.4 Å². The first-order chi connectivity index (χ1) is 13.4. The van der Waals surface area contributed by atoms with E-state index in [9.17, 15) is 14.4 Å². The Morgan fingerprint density at radius 3 is 2.61 bits per heavy atom. The second kappa shape index (κ2) is 8.43. The maximum Gasteiger partial charge on any atom is 0.341 e. The van der Waals surface area contributed by atoms with Crippen LogP contribution in [-0.4, -0.2) is 30.4 Å². The van der Waals surface area contributed by atoms with Gasteiger partial charge in [0.1, 0.15) is 11.0 Å². The number of carbonyl (C=O) groups excluding carboxylic acids is 3. The molecule has 0 fully saturated rings. The third kappa shape index (κ3) is 4.01. The van der Waals surface area contributed by atoms with Crippen LogP contribution in [0.3, 0.4) is 0 Å². The highest BCUT2D eigenvalue weighted by atomic mass is 32.1. The molecule has 3 rings (SSSR count). The summed E-state index contributed by atoms with van der Waals surface area (Å²) in [5.41, 5.74) is 2.75. The van der Waals surface area contributed by atoms with Crippen molar-refractivity contribution in [3.05, 3.63) is 40.3 Å². The molecule has 1 atom stereocenters. The number of ether oxygens (including phenoxy) is 1. The Hall–Kier alpha value is -2.87. The van der Waals surface area contributed by atoms with Crippen LogP contribution in [-0.2, 0) is 20.7 Å². The van der Waals surface area contributed by atoms with Gasteiger partial charge in [-0.25, -0.2) is 4.79 Å². The summed E-state index contributed by atoms with van der Waals surface area (Å²) in [5.74, 6) is -1.06. The number of para-hydroxylation sites is 2. The number of rotatable bonds is 6. The zero-order valence-electron chi connectivity index (χ0n) is 16.0. The summed E-state index contributed by atoms with van der Waals surface area (Å²) < 4.78 is 5.15. The molecular weight excluding hydrogens is 378 g/mol. The van der Waals surface area contributed by atoms with E-state index in [0.29, 0.717) is 22.7 Å². The monoisotopic (exact) mass is 401 g/mol. The molecule has 0 saturated carbocycles. The number of aryl methyl sites for hydroxylation is 1. The van der Waals surface area contributed by atoms with Gasteiger partial charge in [-0.05, 0) is 38.0 Å². The van der Waals surface area contributed by atoms with Crippen molar-refractivity contribution in [1.29, 1.82) is 0 Å². The average Bonchev–Trinajstić information content (AvgIpc) is 2.97. The number of fused-ring (bicyclic) bond motifs is 1. The maximum absolute atomic E-state index is 12.6. The molecule has 1 aromatic carbocycles. The van der Waals surface area contributed by atoms with E-state index >= 15 is 0 Å². The normalized spacial score (nSPS) is 15.2. The van der Waals surface area contributed by atoms with Crippen molar-refractivity contribution in [1.82, 2.24) is 0 Å². The molecule has 3 N–H and O–H groups in total. The molecule has 0 spiro atoms. The third-order valence-corrected chi connectivity index (χ3v) is 5.58. The lowest BCUT2D eigenvalue weighted by Gasteiger charge is -2.26. The molecular formula is C20H23N3O4S. The highest BCUT2D eigenvalue weighted by molar-refractivity contribution is 7.16. The summed E-state index contributed by atoms with van der Waals surface area (Å²) in [5, 5.41) is 9.15. The highest BCUT2D eigenvalue weighted by Crippen LogP contribution is 2.34. The van der Waals surface area contributed by atoms with Crippen molar-refractivity contribution in [3.63, 3.8) is 0 Å². The van der Waals surface area contributed by atoms with Crippen LogP contribution >= 0.6 is 11.3 Å². The number of amides is 2. The molecule has 148 valence electrons. The van der Waals surface area contributed by atoms with Gasteiger partial charge in [-0.15, -0.1) is 11.3 Å². The van der Waals surface area contributed by atoms with Crippen molar-refractivity contribution >= 4 is 45.5 Å². The van der Waals surface area contributed by atoms with Crippen molar-refractivity contribution in [2.45, 2.75) is 39.7 Å². The number of thiophene rings is 1. The van der Waals surface area contributed by atoms with Gasteiger partial charge in [0.25, 0.3) is 0 Å². The number of hydrogen-bond acceptors (Lipinski definition) is 6. The molecule has 0 radical (unpaired) electrons. The molecule has 2 heterocycles. The average molecular weight is 401 g/mol. The lowest BCUT2D eigenvalue weighted by molar-refractivity contribution is -0.122. The fourth-order valence-electron chi connectivity index (χ4n) is 3.21. The molecule has 1 aromatic heterocycles. The molecule has 0 unspecified atom stereocenters. The summed E-state index contributed by atoms with van der Waals surface area (Å²) in [6.45, 7) is 5.87. The summed E-state index contributed by atoms with van der Waals surface area (Å²) in [7, 11) is 0. The van der Waals surface area contributed by atoms with E-state index in [4.69, 9.17) is 4.74 Å². The Balaban J connectivity index is 1.75. The van der Waals surface area contributed by atoms with E-state index in [1.807, 2.05) is 32.0 Å². The largest absolute Gasteiger partial charge is 0.462 e. The molecule has 2 aromatic rings.